The summed E-state index contributed by atoms with van der Waals surface area (Å²) < 4.78 is 44.3. The van der Waals surface area contributed by atoms with Crippen molar-refractivity contribution in [2.75, 3.05) is 62.2 Å². The number of aromatic nitrogens is 3. The first-order valence-electron chi connectivity index (χ1n) is 12.9. The third kappa shape index (κ3) is 5.18. The van der Waals surface area contributed by atoms with Crippen LogP contribution in [0.25, 0.3) is 0 Å². The Kier molecular flexibility index (Phi) is 7.90. The molecule has 0 bridgehead atoms. The maximum Gasteiger partial charge on any atom is 0.434 e. The van der Waals surface area contributed by atoms with Gasteiger partial charge in [0.05, 0.1) is 11.9 Å². The summed E-state index contributed by atoms with van der Waals surface area (Å²) in [6, 6.07) is 3.81. The first-order valence-corrected chi connectivity index (χ1v) is 12.9. The number of piperidine rings is 1. The fourth-order valence-electron chi connectivity index (χ4n) is 6.29. The van der Waals surface area contributed by atoms with Gasteiger partial charge < -0.3 is 15.1 Å². The summed E-state index contributed by atoms with van der Waals surface area (Å²) in [6.45, 7) is 12.4. The molecule has 0 amide bonds. The van der Waals surface area contributed by atoms with Crippen molar-refractivity contribution in [2.45, 2.75) is 45.3 Å². The van der Waals surface area contributed by atoms with Gasteiger partial charge in [-0.2, -0.15) is 23.5 Å². The second-order valence-electron chi connectivity index (χ2n) is 11.3. The molecule has 2 aromatic rings. The number of aryl methyl sites for hydroxylation is 2. The van der Waals surface area contributed by atoms with Crippen molar-refractivity contribution in [2.24, 2.45) is 12.5 Å². The van der Waals surface area contributed by atoms with Crippen LogP contribution in [-0.2, 0) is 13.2 Å². The smallest absolute Gasteiger partial charge is 0.367 e. The van der Waals surface area contributed by atoms with Crippen molar-refractivity contribution in [1.29, 1.82) is 5.26 Å². The Morgan fingerprint density at radius 1 is 1.13 bits per heavy atom. The predicted molar refractivity (Wildman–Crippen MR) is 143 cm³/mol. The van der Waals surface area contributed by atoms with E-state index in [1.54, 1.807) is 6.07 Å². The highest BCUT2D eigenvalue weighted by molar-refractivity contribution is 5.85. The number of anilines is 2. The van der Waals surface area contributed by atoms with E-state index in [4.69, 9.17) is 0 Å². The topological polar surface area (TPSA) is 76.2 Å². The van der Waals surface area contributed by atoms with Crippen LogP contribution >= 0.6 is 12.4 Å². The van der Waals surface area contributed by atoms with Crippen molar-refractivity contribution in [3.8, 4) is 6.07 Å². The molecule has 1 N–H and O–H groups in total. The summed E-state index contributed by atoms with van der Waals surface area (Å²) >= 11 is 0. The summed E-state index contributed by atoms with van der Waals surface area (Å²) in [7, 11) is 1.94. The van der Waals surface area contributed by atoms with Crippen molar-refractivity contribution >= 4 is 23.9 Å². The zero-order valence-corrected chi connectivity index (χ0v) is 23.2. The van der Waals surface area contributed by atoms with Gasteiger partial charge in [-0.25, -0.2) is 4.98 Å². The Bertz CT molecular complexity index is 1170. The number of pyridine rings is 1. The monoisotopic (exact) mass is 552 g/mol. The first kappa shape index (κ1) is 28.5. The average Bonchev–Trinajstić information content (AvgIpc) is 3.14. The van der Waals surface area contributed by atoms with E-state index < -0.39 is 11.9 Å². The summed E-state index contributed by atoms with van der Waals surface area (Å²) in [5.74, 6) is 0.520. The minimum absolute atomic E-state index is 0. The fraction of sp³-hybridized carbons (Fsp3) is 0.654. The van der Waals surface area contributed by atoms with Crippen LogP contribution in [0, 0.1) is 23.7 Å². The van der Waals surface area contributed by atoms with Gasteiger partial charge in [0.2, 0.25) is 0 Å². The van der Waals surface area contributed by atoms with E-state index >= 15 is 0 Å². The zero-order valence-electron chi connectivity index (χ0n) is 22.3. The zero-order chi connectivity index (χ0) is 26.5. The van der Waals surface area contributed by atoms with Gasteiger partial charge in [-0.15, -0.1) is 12.4 Å². The molecule has 1 unspecified atom stereocenters. The fourth-order valence-corrected chi connectivity index (χ4v) is 6.29. The van der Waals surface area contributed by atoms with Crippen LogP contribution in [-0.4, -0.2) is 78.1 Å². The number of rotatable bonds is 4. The molecule has 3 fully saturated rings. The molecule has 3 saturated heterocycles. The maximum absolute atomic E-state index is 14.1. The molecule has 0 saturated carbocycles. The molecule has 5 rings (SSSR count). The number of hydrogen-bond acceptors (Lipinski definition) is 7. The van der Waals surface area contributed by atoms with E-state index in [1.165, 1.54) is 5.69 Å². The summed E-state index contributed by atoms with van der Waals surface area (Å²) in [5, 5.41) is 17.5. The molecule has 0 aromatic carbocycles. The van der Waals surface area contributed by atoms with Crippen molar-refractivity contribution in [3.05, 3.63) is 34.8 Å². The van der Waals surface area contributed by atoms with E-state index in [-0.39, 0.29) is 35.3 Å². The SMILES string of the molecule is Cc1cnn(C)c1C1CCN(c2cc(N3CC(N4CCNCC4)C3)c(C#N)c(C(F)(F)F)n2)CC1(C)C.Cl. The quantitative estimate of drug-likeness (QED) is 0.621. The molecular formula is C26H36ClF3N8. The van der Waals surface area contributed by atoms with Crippen LogP contribution in [0.2, 0.25) is 0 Å². The molecule has 8 nitrogen and oxygen atoms in total. The van der Waals surface area contributed by atoms with Crippen LogP contribution in [0.1, 0.15) is 48.7 Å². The van der Waals surface area contributed by atoms with Gasteiger partial charge in [-0.05, 0) is 24.3 Å². The van der Waals surface area contributed by atoms with Crippen LogP contribution in [0.3, 0.4) is 0 Å². The highest BCUT2D eigenvalue weighted by atomic mass is 35.5. The molecule has 38 heavy (non-hydrogen) atoms. The Hall–Kier alpha value is -2.55. The Morgan fingerprint density at radius 2 is 1.82 bits per heavy atom. The molecule has 0 radical (unpaired) electrons. The minimum atomic E-state index is -4.71. The van der Waals surface area contributed by atoms with Gasteiger partial charge in [0.25, 0.3) is 0 Å². The number of nitrogens with zero attached hydrogens (tertiary/aromatic N) is 7. The van der Waals surface area contributed by atoms with Gasteiger partial charge in [-0.1, -0.05) is 13.8 Å². The van der Waals surface area contributed by atoms with Gasteiger partial charge in [0, 0.05) is 83.1 Å². The van der Waals surface area contributed by atoms with Gasteiger partial charge in [0.1, 0.15) is 17.5 Å². The third-order valence-corrected chi connectivity index (χ3v) is 8.30. The second kappa shape index (κ2) is 10.5. The lowest BCUT2D eigenvalue weighted by molar-refractivity contribution is -0.141. The number of nitrogens with one attached hydrogen (secondary N) is 1. The standard InChI is InChI=1S/C26H35F3N8.ClH/c1-17-13-32-34(4)23(17)20-5-8-36(16-25(20,2)3)22-11-21(19(12-30)24(33-22)26(27,28)29)37-14-18(15-37)35-9-6-31-7-10-35;/h11,13,18,20,31H,5-10,14-16H2,1-4H3;1H. The number of alkyl halides is 3. The lowest BCUT2D eigenvalue weighted by Gasteiger charge is -2.48. The predicted octanol–water partition coefficient (Wildman–Crippen LogP) is 3.55. The van der Waals surface area contributed by atoms with E-state index in [0.717, 1.165) is 38.2 Å². The van der Waals surface area contributed by atoms with Gasteiger partial charge in [0.15, 0.2) is 5.69 Å². The Morgan fingerprint density at radius 3 is 2.37 bits per heavy atom. The molecule has 3 aliphatic rings. The van der Waals surface area contributed by atoms with Crippen molar-refractivity contribution in [3.63, 3.8) is 0 Å². The molecule has 5 heterocycles. The summed E-state index contributed by atoms with van der Waals surface area (Å²) in [6.07, 6.45) is -2.07. The Labute approximate surface area is 228 Å². The van der Waals surface area contributed by atoms with Crippen LogP contribution in [0.15, 0.2) is 12.3 Å². The molecule has 0 spiro atoms. The van der Waals surface area contributed by atoms with Crippen LogP contribution in [0.5, 0.6) is 0 Å². The summed E-state index contributed by atoms with van der Waals surface area (Å²) in [4.78, 5) is 10.3. The lowest BCUT2D eigenvalue weighted by atomic mass is 9.71. The minimum Gasteiger partial charge on any atom is -0.367 e. The van der Waals surface area contributed by atoms with Crippen LogP contribution < -0.4 is 15.1 Å². The van der Waals surface area contributed by atoms with Crippen molar-refractivity contribution in [1.82, 2.24) is 25.0 Å². The van der Waals surface area contributed by atoms with Gasteiger partial charge in [-0.3, -0.25) is 9.58 Å². The number of piperazine rings is 1. The molecule has 1 atom stereocenters. The Balaban J connectivity index is 0.00000336. The first-order chi connectivity index (χ1) is 17.5. The highest BCUT2D eigenvalue weighted by Gasteiger charge is 2.43. The third-order valence-electron chi connectivity index (χ3n) is 8.30. The maximum atomic E-state index is 14.1. The number of halogens is 4. The normalized spacial score (nSPS) is 22.5. The summed E-state index contributed by atoms with van der Waals surface area (Å²) in [5.41, 5.74) is 0.964. The van der Waals surface area contributed by atoms with E-state index in [1.807, 2.05) is 33.8 Å². The number of nitriles is 1. The molecule has 2 aromatic heterocycles. The molecule has 0 aliphatic carbocycles. The van der Waals surface area contributed by atoms with Gasteiger partial charge >= 0.3 is 6.18 Å². The van der Waals surface area contributed by atoms with Crippen LogP contribution in [0.4, 0.5) is 24.7 Å². The van der Waals surface area contributed by atoms with Crippen molar-refractivity contribution < 1.29 is 13.2 Å². The van der Waals surface area contributed by atoms with E-state index in [2.05, 4.69) is 41.1 Å². The molecular weight excluding hydrogens is 517 g/mol. The lowest BCUT2D eigenvalue weighted by Crippen LogP contribution is -2.63. The van der Waals surface area contributed by atoms with E-state index in [9.17, 15) is 18.4 Å². The average molecular weight is 553 g/mol. The second-order valence-corrected chi connectivity index (χ2v) is 11.3. The highest BCUT2D eigenvalue weighted by Crippen LogP contribution is 2.45. The molecule has 3 aliphatic heterocycles. The largest absolute Gasteiger partial charge is 0.434 e. The van der Waals surface area contributed by atoms with E-state index in [0.29, 0.717) is 37.7 Å². The molecule has 12 heteroatoms. The molecule has 208 valence electrons. The number of hydrogen-bond donors (Lipinski definition) is 1.